The molecular formula is C18H16F2N2O2. The molecule has 0 radical (unpaired) electrons. The molecule has 1 N–H and O–H groups in total. The second-order valence-corrected chi connectivity index (χ2v) is 5.07. The van der Waals surface area contributed by atoms with Gasteiger partial charge in [-0.2, -0.15) is 5.26 Å². The van der Waals surface area contributed by atoms with Crippen molar-refractivity contribution in [3.05, 3.63) is 65.2 Å². The van der Waals surface area contributed by atoms with E-state index in [0.29, 0.717) is 11.3 Å². The van der Waals surface area contributed by atoms with Crippen LogP contribution in [-0.2, 0) is 13.0 Å². The molecule has 0 heterocycles. The van der Waals surface area contributed by atoms with Gasteiger partial charge in [-0.05, 0) is 35.4 Å². The van der Waals surface area contributed by atoms with Crippen molar-refractivity contribution in [2.75, 3.05) is 6.61 Å². The van der Waals surface area contributed by atoms with Gasteiger partial charge in [0.1, 0.15) is 12.4 Å². The van der Waals surface area contributed by atoms with Crippen molar-refractivity contribution in [2.45, 2.75) is 19.4 Å². The fourth-order valence-electron chi connectivity index (χ4n) is 2.10. The minimum atomic E-state index is -2.53. The second kappa shape index (κ2) is 8.63. The predicted molar refractivity (Wildman–Crippen MR) is 84.9 cm³/mol. The van der Waals surface area contributed by atoms with Crippen molar-refractivity contribution >= 4 is 5.91 Å². The number of rotatable bonds is 7. The summed E-state index contributed by atoms with van der Waals surface area (Å²) in [6.07, 6.45) is -2.29. The molecule has 6 heteroatoms. The van der Waals surface area contributed by atoms with Crippen LogP contribution in [0.4, 0.5) is 8.78 Å². The second-order valence-electron chi connectivity index (χ2n) is 5.07. The van der Waals surface area contributed by atoms with E-state index in [4.69, 9.17) is 10.00 Å². The van der Waals surface area contributed by atoms with Gasteiger partial charge in [-0.3, -0.25) is 4.79 Å². The molecule has 0 saturated heterocycles. The molecule has 0 spiro atoms. The average Bonchev–Trinajstić information content (AvgIpc) is 2.59. The number of nitrogens with zero attached hydrogens (tertiary/aromatic N) is 1. The molecule has 2 aromatic rings. The molecule has 1 amide bonds. The molecule has 0 aliphatic carbocycles. The molecule has 4 nitrogen and oxygen atoms in total. The van der Waals surface area contributed by atoms with E-state index in [9.17, 15) is 13.6 Å². The largest absolute Gasteiger partial charge is 0.488 e. The zero-order valence-electron chi connectivity index (χ0n) is 12.8. The third-order valence-corrected chi connectivity index (χ3v) is 3.20. The van der Waals surface area contributed by atoms with Gasteiger partial charge in [0.25, 0.3) is 12.3 Å². The quantitative estimate of drug-likeness (QED) is 0.847. The summed E-state index contributed by atoms with van der Waals surface area (Å²) in [5, 5.41) is 11.4. The minimum Gasteiger partial charge on any atom is -0.488 e. The first-order valence-corrected chi connectivity index (χ1v) is 7.32. The van der Waals surface area contributed by atoms with E-state index in [2.05, 4.69) is 5.32 Å². The van der Waals surface area contributed by atoms with E-state index in [0.717, 1.165) is 11.1 Å². The summed E-state index contributed by atoms with van der Waals surface area (Å²) in [5.41, 5.74) is 1.98. The number of alkyl halides is 2. The van der Waals surface area contributed by atoms with Crippen LogP contribution >= 0.6 is 0 Å². The third kappa shape index (κ3) is 5.36. The van der Waals surface area contributed by atoms with Gasteiger partial charge in [-0.1, -0.05) is 24.3 Å². The van der Waals surface area contributed by atoms with E-state index in [1.165, 1.54) is 0 Å². The van der Waals surface area contributed by atoms with Gasteiger partial charge in [0.05, 0.1) is 12.5 Å². The van der Waals surface area contributed by atoms with Gasteiger partial charge in [0.2, 0.25) is 0 Å². The molecule has 0 aliphatic heterocycles. The van der Waals surface area contributed by atoms with Gasteiger partial charge in [0, 0.05) is 12.1 Å². The van der Waals surface area contributed by atoms with Crippen LogP contribution in [0.3, 0.4) is 0 Å². The maximum Gasteiger partial charge on any atom is 0.272 e. The van der Waals surface area contributed by atoms with Crippen LogP contribution in [0.25, 0.3) is 0 Å². The van der Waals surface area contributed by atoms with E-state index < -0.39 is 13.0 Å². The first kappa shape index (κ1) is 17.4. The molecule has 0 saturated carbocycles. The van der Waals surface area contributed by atoms with Crippen LogP contribution in [-0.4, -0.2) is 18.9 Å². The number of halogens is 2. The normalized spacial score (nSPS) is 10.2. The standard InChI is InChI=1S/C18H16F2N2O2/c19-17(20)12-24-16-6-2-4-14(10-16)11-22-18(23)15-5-1-3-13(9-15)7-8-21/h1-6,9-10,17H,7,11-12H2,(H,22,23). The molecule has 124 valence electrons. The highest BCUT2D eigenvalue weighted by Crippen LogP contribution is 2.14. The lowest BCUT2D eigenvalue weighted by molar-refractivity contribution is 0.0818. The topological polar surface area (TPSA) is 62.1 Å². The molecule has 24 heavy (non-hydrogen) atoms. The highest BCUT2D eigenvalue weighted by atomic mass is 19.3. The highest BCUT2D eigenvalue weighted by Gasteiger charge is 2.07. The Balaban J connectivity index is 1.95. The summed E-state index contributed by atoms with van der Waals surface area (Å²) in [6.45, 7) is -0.422. The zero-order chi connectivity index (χ0) is 17.4. The fourth-order valence-corrected chi connectivity index (χ4v) is 2.10. The lowest BCUT2D eigenvalue weighted by Gasteiger charge is -2.09. The lowest BCUT2D eigenvalue weighted by Crippen LogP contribution is -2.22. The number of ether oxygens (including phenoxy) is 1. The molecule has 0 fully saturated rings. The van der Waals surface area contributed by atoms with Gasteiger partial charge in [0.15, 0.2) is 0 Å². The van der Waals surface area contributed by atoms with Crippen LogP contribution in [0.2, 0.25) is 0 Å². The number of benzene rings is 2. The molecule has 0 bridgehead atoms. The van der Waals surface area contributed by atoms with Crippen LogP contribution in [0, 0.1) is 11.3 Å². The number of amides is 1. The van der Waals surface area contributed by atoms with Gasteiger partial charge >= 0.3 is 0 Å². The summed E-state index contributed by atoms with van der Waals surface area (Å²) in [5.74, 6) is 0.0618. The first-order chi connectivity index (χ1) is 11.6. The molecule has 0 unspecified atom stereocenters. The Morgan fingerprint density at radius 1 is 1.17 bits per heavy atom. The molecule has 2 aromatic carbocycles. The molecule has 0 atom stereocenters. The Kier molecular flexibility index (Phi) is 6.26. The summed E-state index contributed by atoms with van der Waals surface area (Å²) in [4.78, 5) is 12.1. The van der Waals surface area contributed by atoms with Crippen LogP contribution in [0.1, 0.15) is 21.5 Å². The van der Waals surface area contributed by atoms with E-state index >= 15 is 0 Å². The summed E-state index contributed by atoms with van der Waals surface area (Å²) in [7, 11) is 0. The third-order valence-electron chi connectivity index (χ3n) is 3.20. The monoisotopic (exact) mass is 330 g/mol. The predicted octanol–water partition coefficient (Wildman–Crippen LogP) is 3.33. The number of nitrogens with one attached hydrogen (secondary N) is 1. The lowest BCUT2D eigenvalue weighted by atomic mass is 10.1. The number of hydrogen-bond acceptors (Lipinski definition) is 3. The van der Waals surface area contributed by atoms with Crippen molar-refractivity contribution in [1.82, 2.24) is 5.32 Å². The number of hydrogen-bond donors (Lipinski definition) is 1. The fraction of sp³-hybridized carbons (Fsp3) is 0.222. The van der Waals surface area contributed by atoms with Crippen molar-refractivity contribution < 1.29 is 18.3 Å². The Hall–Kier alpha value is -2.94. The average molecular weight is 330 g/mol. The van der Waals surface area contributed by atoms with Crippen molar-refractivity contribution in [2.24, 2.45) is 0 Å². The maximum atomic E-state index is 12.1. The smallest absolute Gasteiger partial charge is 0.272 e. The van der Waals surface area contributed by atoms with Crippen LogP contribution in [0.5, 0.6) is 5.75 Å². The van der Waals surface area contributed by atoms with Gasteiger partial charge in [-0.25, -0.2) is 8.78 Å². The summed E-state index contributed by atoms with van der Waals surface area (Å²) < 4.78 is 29.2. The molecule has 2 rings (SSSR count). The minimum absolute atomic E-state index is 0.241. The van der Waals surface area contributed by atoms with E-state index in [-0.39, 0.29) is 18.9 Å². The van der Waals surface area contributed by atoms with Crippen molar-refractivity contribution in [3.63, 3.8) is 0 Å². The van der Waals surface area contributed by atoms with Crippen LogP contribution in [0.15, 0.2) is 48.5 Å². The van der Waals surface area contributed by atoms with Gasteiger partial charge in [-0.15, -0.1) is 0 Å². The van der Waals surface area contributed by atoms with E-state index in [1.807, 2.05) is 6.07 Å². The zero-order valence-corrected chi connectivity index (χ0v) is 12.8. The SMILES string of the molecule is N#CCc1cccc(C(=O)NCc2cccc(OCC(F)F)c2)c1. The molecular weight excluding hydrogens is 314 g/mol. The van der Waals surface area contributed by atoms with Crippen LogP contribution < -0.4 is 10.1 Å². The highest BCUT2D eigenvalue weighted by molar-refractivity contribution is 5.94. The van der Waals surface area contributed by atoms with Crippen molar-refractivity contribution in [3.8, 4) is 11.8 Å². The number of carbonyl (C=O) groups is 1. The van der Waals surface area contributed by atoms with Crippen molar-refractivity contribution in [1.29, 1.82) is 5.26 Å². The Bertz CT molecular complexity index is 742. The Morgan fingerprint density at radius 3 is 2.67 bits per heavy atom. The summed E-state index contributed by atoms with van der Waals surface area (Å²) in [6, 6.07) is 15.5. The molecule has 0 aliphatic rings. The number of nitriles is 1. The van der Waals surface area contributed by atoms with E-state index in [1.54, 1.807) is 48.5 Å². The Labute approximate surface area is 138 Å². The van der Waals surface area contributed by atoms with Gasteiger partial charge < -0.3 is 10.1 Å². The first-order valence-electron chi connectivity index (χ1n) is 7.32. The summed E-state index contributed by atoms with van der Waals surface area (Å²) >= 11 is 0. The Morgan fingerprint density at radius 2 is 1.92 bits per heavy atom. The maximum absolute atomic E-state index is 12.1. The molecule has 0 aromatic heterocycles. The number of carbonyl (C=O) groups excluding carboxylic acids is 1.